The van der Waals surface area contributed by atoms with E-state index in [-0.39, 0.29) is 40.8 Å². The third-order valence-corrected chi connectivity index (χ3v) is 10.3. The zero-order chi connectivity index (χ0) is 22.2. The van der Waals surface area contributed by atoms with Crippen LogP contribution in [0.5, 0.6) is 0 Å². The lowest BCUT2D eigenvalue weighted by Gasteiger charge is -2.58. The van der Waals surface area contributed by atoms with Crippen LogP contribution in [0.3, 0.4) is 0 Å². The zero-order valence-corrected chi connectivity index (χ0v) is 19.7. The molecule has 2 heterocycles. The fraction of sp³-hybridized carbons (Fsp3) is 0.739. The summed E-state index contributed by atoms with van der Waals surface area (Å²) in [6, 6.07) is 1.65. The largest absolute Gasteiger partial charge is 0.457 e. The van der Waals surface area contributed by atoms with Crippen LogP contribution < -0.4 is 0 Å². The molecule has 0 aromatic carbocycles. The number of carbonyl (C=O) groups excluding carboxylic acids is 2. The molecule has 5 fully saturated rings. The van der Waals surface area contributed by atoms with Crippen molar-refractivity contribution in [1.29, 1.82) is 0 Å². The highest BCUT2D eigenvalue weighted by Gasteiger charge is 2.60. The number of Topliss-reactive ketones (excluding diaryl/α,β-unsaturated/α-hetero) is 1. The Labute approximate surface area is 188 Å². The number of ether oxygens (including phenoxy) is 1. The molecule has 8 heteroatoms. The number of hydrogen-bond acceptors (Lipinski definition) is 5. The fourth-order valence-corrected chi connectivity index (χ4v) is 9.74. The van der Waals surface area contributed by atoms with Gasteiger partial charge in [-0.15, -0.1) is 11.6 Å². The van der Waals surface area contributed by atoms with E-state index in [9.17, 15) is 18.0 Å². The minimum Gasteiger partial charge on any atom is -0.457 e. The maximum atomic E-state index is 13.1. The van der Waals surface area contributed by atoms with Crippen LogP contribution in [-0.2, 0) is 19.4 Å². The standard InChI is InChI=1S/C23H30ClNO5S/c1-14-5-19(15(2)25(14)18-3-4-31(28,29)12-18)20(26)11-30-21(27)22-7-16-6-17(8-22)10-23(24,9-16)13-22/h5,16-18H,3-4,6-13H2,1-2H3/t16-,17-,18+,22?,23?/m0/s1. The number of sulfone groups is 1. The summed E-state index contributed by atoms with van der Waals surface area (Å²) in [6.07, 6.45) is 6.01. The Morgan fingerprint density at radius 2 is 1.87 bits per heavy atom. The molecular weight excluding hydrogens is 438 g/mol. The fourth-order valence-electron chi connectivity index (χ4n) is 7.35. The van der Waals surface area contributed by atoms with E-state index in [2.05, 4.69) is 0 Å². The molecule has 1 saturated heterocycles. The average Bonchev–Trinajstić information content (AvgIpc) is 3.15. The second-order valence-electron chi connectivity index (χ2n) is 10.6. The molecule has 0 spiro atoms. The quantitative estimate of drug-likeness (QED) is 0.374. The molecule has 4 bridgehead atoms. The van der Waals surface area contributed by atoms with E-state index in [1.165, 1.54) is 0 Å². The first-order valence-corrected chi connectivity index (χ1v) is 13.5. The van der Waals surface area contributed by atoms with Crippen LogP contribution in [0.25, 0.3) is 0 Å². The number of alkyl halides is 1. The van der Waals surface area contributed by atoms with Gasteiger partial charge in [-0.2, -0.15) is 0 Å². The van der Waals surface area contributed by atoms with Crippen LogP contribution in [0, 0.1) is 31.1 Å². The number of halogens is 1. The summed E-state index contributed by atoms with van der Waals surface area (Å²) in [5, 5.41) is 0. The molecule has 1 aromatic rings. The van der Waals surface area contributed by atoms with Gasteiger partial charge < -0.3 is 9.30 Å². The van der Waals surface area contributed by atoms with Gasteiger partial charge in [0.2, 0.25) is 5.78 Å². The van der Waals surface area contributed by atoms with Crippen molar-refractivity contribution < 1.29 is 22.7 Å². The van der Waals surface area contributed by atoms with Crippen molar-refractivity contribution in [2.24, 2.45) is 17.3 Å². The Balaban J connectivity index is 1.28. The molecule has 31 heavy (non-hydrogen) atoms. The summed E-state index contributed by atoms with van der Waals surface area (Å²) in [4.78, 5) is 25.8. The number of rotatable bonds is 5. The zero-order valence-electron chi connectivity index (χ0n) is 18.2. The SMILES string of the molecule is Cc1cc(C(=O)COC(=O)C23C[C@@H]4C[C@H](CC(Cl)(C4)C2)C3)c(C)n1[C@@H]1CCS(=O)(=O)C1. The highest BCUT2D eigenvalue weighted by atomic mass is 35.5. The molecule has 0 N–H and O–H groups in total. The summed E-state index contributed by atoms with van der Waals surface area (Å²) in [5.41, 5.74) is 1.59. The molecule has 0 radical (unpaired) electrons. The molecule has 5 aliphatic rings. The minimum absolute atomic E-state index is 0.108. The number of hydrogen-bond donors (Lipinski definition) is 0. The smallest absolute Gasteiger partial charge is 0.312 e. The molecule has 1 aliphatic heterocycles. The summed E-state index contributed by atoms with van der Waals surface area (Å²) in [7, 11) is -3.02. The number of carbonyl (C=O) groups is 2. The molecule has 6 nitrogen and oxygen atoms in total. The Kier molecular flexibility index (Phi) is 4.91. The van der Waals surface area contributed by atoms with Crippen LogP contribution in [0.2, 0.25) is 0 Å². The third-order valence-electron chi connectivity index (χ3n) is 8.12. The van der Waals surface area contributed by atoms with Crippen molar-refractivity contribution in [3.8, 4) is 0 Å². The maximum absolute atomic E-state index is 13.1. The predicted octanol–water partition coefficient (Wildman–Crippen LogP) is 3.77. The Hall–Kier alpha value is -1.34. The molecule has 3 atom stereocenters. The van der Waals surface area contributed by atoms with Crippen molar-refractivity contribution in [3.05, 3.63) is 23.0 Å². The minimum atomic E-state index is -3.02. The van der Waals surface area contributed by atoms with E-state index < -0.39 is 15.3 Å². The van der Waals surface area contributed by atoms with Crippen molar-refractivity contribution in [2.75, 3.05) is 18.1 Å². The lowest BCUT2D eigenvalue weighted by Crippen LogP contribution is -2.56. The topological polar surface area (TPSA) is 82.4 Å². The number of aryl methyl sites for hydroxylation is 1. The number of aromatic nitrogens is 1. The molecule has 6 rings (SSSR count). The number of esters is 1. The monoisotopic (exact) mass is 467 g/mol. The summed E-state index contributed by atoms with van der Waals surface area (Å²) >= 11 is 6.83. The van der Waals surface area contributed by atoms with Crippen LogP contribution in [0.4, 0.5) is 0 Å². The lowest BCUT2D eigenvalue weighted by molar-refractivity contribution is -0.168. The first-order valence-electron chi connectivity index (χ1n) is 11.3. The van der Waals surface area contributed by atoms with Gasteiger partial charge in [0.15, 0.2) is 16.4 Å². The van der Waals surface area contributed by atoms with Crippen molar-refractivity contribution >= 4 is 33.2 Å². The van der Waals surface area contributed by atoms with Gasteiger partial charge in [0, 0.05) is 27.9 Å². The van der Waals surface area contributed by atoms with Crippen LogP contribution in [-0.4, -0.2) is 47.7 Å². The van der Waals surface area contributed by atoms with E-state index in [0.29, 0.717) is 30.2 Å². The molecule has 4 aliphatic carbocycles. The molecule has 4 saturated carbocycles. The summed E-state index contributed by atoms with van der Waals surface area (Å²) in [6.45, 7) is 3.44. The Morgan fingerprint density at radius 3 is 2.45 bits per heavy atom. The summed E-state index contributed by atoms with van der Waals surface area (Å²) < 4.78 is 31.3. The lowest BCUT2D eigenvalue weighted by atomic mass is 9.49. The van der Waals surface area contributed by atoms with Gasteiger partial charge in [-0.1, -0.05) is 0 Å². The highest BCUT2D eigenvalue weighted by molar-refractivity contribution is 7.91. The molecular formula is C23H30ClNO5S. The normalized spacial score (nSPS) is 37.8. The first kappa shape index (κ1) is 21.5. The van der Waals surface area contributed by atoms with Gasteiger partial charge in [0.1, 0.15) is 0 Å². The Bertz CT molecular complexity index is 1040. The number of nitrogens with zero attached hydrogens (tertiary/aromatic N) is 1. The van der Waals surface area contributed by atoms with Crippen molar-refractivity contribution in [2.45, 2.75) is 69.7 Å². The molecule has 1 aromatic heterocycles. The second kappa shape index (κ2) is 7.08. The van der Waals surface area contributed by atoms with Crippen LogP contribution >= 0.6 is 11.6 Å². The van der Waals surface area contributed by atoms with Crippen molar-refractivity contribution in [1.82, 2.24) is 4.57 Å². The van der Waals surface area contributed by atoms with Gasteiger partial charge in [-0.25, -0.2) is 8.42 Å². The highest BCUT2D eigenvalue weighted by Crippen LogP contribution is 2.64. The van der Waals surface area contributed by atoms with E-state index in [1.54, 1.807) is 6.07 Å². The molecule has 0 amide bonds. The van der Waals surface area contributed by atoms with Crippen molar-refractivity contribution in [3.63, 3.8) is 0 Å². The van der Waals surface area contributed by atoms with Gasteiger partial charge in [-0.05, 0) is 76.7 Å². The number of ketones is 1. The average molecular weight is 468 g/mol. The van der Waals surface area contributed by atoms with E-state index in [1.807, 2.05) is 18.4 Å². The molecule has 0 unspecified atom stereocenters. The van der Waals surface area contributed by atoms with Gasteiger partial charge in [-0.3, -0.25) is 9.59 Å². The molecule has 170 valence electrons. The van der Waals surface area contributed by atoms with Gasteiger partial charge in [0.05, 0.1) is 16.9 Å². The van der Waals surface area contributed by atoms with E-state index >= 15 is 0 Å². The maximum Gasteiger partial charge on any atom is 0.312 e. The van der Waals surface area contributed by atoms with E-state index in [0.717, 1.165) is 43.5 Å². The van der Waals surface area contributed by atoms with E-state index in [4.69, 9.17) is 16.3 Å². The van der Waals surface area contributed by atoms with Crippen LogP contribution in [0.15, 0.2) is 6.07 Å². The predicted molar refractivity (Wildman–Crippen MR) is 117 cm³/mol. The first-order chi connectivity index (χ1) is 14.5. The second-order valence-corrected chi connectivity index (χ2v) is 13.6. The van der Waals surface area contributed by atoms with Gasteiger partial charge >= 0.3 is 5.97 Å². The Morgan fingerprint density at radius 1 is 1.19 bits per heavy atom. The summed E-state index contributed by atoms with van der Waals surface area (Å²) in [5.74, 6) is 0.764. The van der Waals surface area contributed by atoms with Gasteiger partial charge in [0.25, 0.3) is 0 Å². The van der Waals surface area contributed by atoms with Crippen LogP contribution in [0.1, 0.15) is 72.7 Å². The third kappa shape index (κ3) is 3.65.